The quantitative estimate of drug-likeness (QED) is 0.129. The zero-order chi connectivity index (χ0) is 36.7. The molecule has 0 aliphatic carbocycles. The standard InChI is InChI=1S/C38H52N6O7/c1-10-12-25(2)50-36-40-35(34-39-22-29(44(34)41-36)19-28-13-11-18-43(28)37(45)51-38(3,4)5)42(23-26-14-16-30(46-6)20-32(26)48-8)24-27-15-17-31(47-7)21-33(27)49-9/h14-17,20-22,25,28H,10-13,18-19,23-24H2,1-9H3/t25-,28?/m0/s1. The van der Waals surface area contributed by atoms with Gasteiger partial charge in [-0.2, -0.15) is 4.98 Å². The van der Waals surface area contributed by atoms with Gasteiger partial charge in [0.2, 0.25) is 0 Å². The van der Waals surface area contributed by atoms with Crippen molar-refractivity contribution in [3.05, 3.63) is 59.4 Å². The second-order valence-corrected chi connectivity index (χ2v) is 13.8. The lowest BCUT2D eigenvalue weighted by Gasteiger charge is -2.28. The smallest absolute Gasteiger partial charge is 0.410 e. The van der Waals surface area contributed by atoms with Crippen LogP contribution >= 0.6 is 0 Å². The number of carbonyl (C=O) groups excluding carboxylic acids is 1. The van der Waals surface area contributed by atoms with Gasteiger partial charge < -0.3 is 38.2 Å². The van der Waals surface area contributed by atoms with Crippen molar-refractivity contribution in [2.75, 3.05) is 39.9 Å². The molecule has 0 N–H and O–H groups in total. The number of rotatable bonds is 15. The minimum absolute atomic E-state index is 0.0650. The SMILES string of the molecule is CCC[C@H](C)Oc1nc(N(Cc2ccc(OC)cc2OC)Cc2ccc(OC)cc2OC)c2ncc(CC3CCCN3C(=O)OC(C)(C)C)n2n1. The van der Waals surface area contributed by atoms with E-state index >= 15 is 0 Å². The number of imidazole rings is 1. The molecule has 2 atom stereocenters. The molecule has 1 saturated heterocycles. The summed E-state index contributed by atoms with van der Waals surface area (Å²) >= 11 is 0. The van der Waals surface area contributed by atoms with E-state index in [-0.39, 0.29) is 24.2 Å². The Morgan fingerprint density at radius 3 is 2.14 bits per heavy atom. The molecule has 1 aliphatic heterocycles. The molecule has 4 aromatic rings. The molecule has 0 saturated carbocycles. The molecule has 2 aromatic heterocycles. The van der Waals surface area contributed by atoms with Crippen LogP contribution in [0.1, 0.15) is 77.1 Å². The van der Waals surface area contributed by atoms with Crippen molar-refractivity contribution in [3.8, 4) is 29.0 Å². The van der Waals surface area contributed by atoms with E-state index < -0.39 is 5.60 Å². The average Bonchev–Trinajstić information content (AvgIpc) is 3.74. The Balaban J connectivity index is 1.62. The Morgan fingerprint density at radius 1 is 0.961 bits per heavy atom. The van der Waals surface area contributed by atoms with Gasteiger partial charge in [0.1, 0.15) is 28.6 Å². The molecule has 0 spiro atoms. The summed E-state index contributed by atoms with van der Waals surface area (Å²) in [6.45, 7) is 11.2. The third-order valence-corrected chi connectivity index (χ3v) is 8.86. The number of amides is 1. The van der Waals surface area contributed by atoms with Crippen LogP contribution in [0.3, 0.4) is 0 Å². The van der Waals surface area contributed by atoms with E-state index in [1.807, 2.05) is 79.7 Å². The molecular weight excluding hydrogens is 652 g/mol. The summed E-state index contributed by atoms with van der Waals surface area (Å²) in [6, 6.07) is 11.7. The van der Waals surface area contributed by atoms with Gasteiger partial charge >= 0.3 is 12.1 Å². The van der Waals surface area contributed by atoms with Gasteiger partial charge in [-0.1, -0.05) is 13.3 Å². The molecule has 1 unspecified atom stereocenters. The molecule has 13 nitrogen and oxygen atoms in total. The normalized spacial score (nSPS) is 15.1. The largest absolute Gasteiger partial charge is 0.497 e. The Morgan fingerprint density at radius 2 is 1.59 bits per heavy atom. The van der Waals surface area contributed by atoms with E-state index in [4.69, 9.17) is 43.5 Å². The fraction of sp³-hybridized carbons (Fsp3) is 0.526. The van der Waals surface area contributed by atoms with E-state index in [0.717, 1.165) is 42.5 Å². The first-order valence-electron chi connectivity index (χ1n) is 17.5. The number of hydrogen-bond donors (Lipinski definition) is 0. The van der Waals surface area contributed by atoms with Crippen molar-refractivity contribution in [3.63, 3.8) is 0 Å². The first kappa shape index (κ1) is 37.3. The fourth-order valence-electron chi connectivity index (χ4n) is 6.37. The lowest BCUT2D eigenvalue weighted by molar-refractivity contribution is 0.0225. The second kappa shape index (κ2) is 16.4. The highest BCUT2D eigenvalue weighted by Gasteiger charge is 2.33. The van der Waals surface area contributed by atoms with Crippen molar-refractivity contribution < 1.29 is 33.2 Å². The topological polar surface area (TPSA) is 122 Å². The van der Waals surface area contributed by atoms with Crippen molar-refractivity contribution >= 4 is 17.6 Å². The van der Waals surface area contributed by atoms with Gasteiger partial charge in [-0.05, 0) is 71.2 Å². The number of ether oxygens (including phenoxy) is 6. The first-order chi connectivity index (χ1) is 24.5. The maximum Gasteiger partial charge on any atom is 0.410 e. The summed E-state index contributed by atoms with van der Waals surface area (Å²) in [7, 11) is 6.54. The Hall–Kier alpha value is -4.94. The number of fused-ring (bicyclic) bond motifs is 1. The van der Waals surface area contributed by atoms with Crippen LogP contribution < -0.4 is 28.6 Å². The van der Waals surface area contributed by atoms with E-state index in [2.05, 4.69) is 11.8 Å². The molecule has 1 amide bonds. The Labute approximate surface area is 300 Å². The Bertz CT molecular complexity index is 1730. The molecule has 51 heavy (non-hydrogen) atoms. The summed E-state index contributed by atoms with van der Waals surface area (Å²) in [5.41, 5.74) is 2.64. The Kier molecular flexibility index (Phi) is 12.0. The van der Waals surface area contributed by atoms with Gasteiger partial charge in [0.05, 0.1) is 46.4 Å². The van der Waals surface area contributed by atoms with Gasteiger partial charge in [0.25, 0.3) is 0 Å². The maximum atomic E-state index is 13.2. The van der Waals surface area contributed by atoms with Crippen LogP contribution in [-0.4, -0.2) is 83.3 Å². The number of methoxy groups -OCH3 is 4. The van der Waals surface area contributed by atoms with Gasteiger partial charge in [-0.25, -0.2) is 14.3 Å². The van der Waals surface area contributed by atoms with Gasteiger partial charge in [-0.3, -0.25) is 0 Å². The third-order valence-electron chi connectivity index (χ3n) is 8.86. The number of aromatic nitrogens is 4. The van der Waals surface area contributed by atoms with E-state index in [9.17, 15) is 4.79 Å². The molecule has 13 heteroatoms. The minimum Gasteiger partial charge on any atom is -0.497 e. The van der Waals surface area contributed by atoms with Crippen molar-refractivity contribution in [2.45, 2.75) is 97.6 Å². The number of benzene rings is 2. The summed E-state index contributed by atoms with van der Waals surface area (Å²) in [5.74, 6) is 3.29. The van der Waals surface area contributed by atoms with E-state index in [0.29, 0.717) is 60.5 Å². The van der Waals surface area contributed by atoms with Crippen LogP contribution in [0.2, 0.25) is 0 Å². The van der Waals surface area contributed by atoms with Crippen molar-refractivity contribution in [1.29, 1.82) is 0 Å². The lowest BCUT2D eigenvalue weighted by Crippen LogP contribution is -2.40. The highest BCUT2D eigenvalue weighted by Crippen LogP contribution is 2.34. The average molecular weight is 705 g/mol. The van der Waals surface area contributed by atoms with Crippen molar-refractivity contribution in [1.82, 2.24) is 24.5 Å². The van der Waals surface area contributed by atoms with Crippen LogP contribution in [0.4, 0.5) is 10.6 Å². The maximum absolute atomic E-state index is 13.2. The molecule has 5 rings (SSSR count). The van der Waals surface area contributed by atoms with E-state index in [1.54, 1.807) is 28.4 Å². The predicted molar refractivity (Wildman–Crippen MR) is 194 cm³/mol. The van der Waals surface area contributed by atoms with Gasteiger partial charge in [0, 0.05) is 55.4 Å². The molecule has 0 radical (unpaired) electrons. The summed E-state index contributed by atoms with van der Waals surface area (Å²) < 4.78 is 36.5. The molecule has 1 fully saturated rings. The number of nitrogens with zero attached hydrogens (tertiary/aromatic N) is 6. The van der Waals surface area contributed by atoms with Crippen LogP contribution in [0.25, 0.3) is 5.65 Å². The van der Waals surface area contributed by atoms with Crippen LogP contribution in [0, 0.1) is 0 Å². The predicted octanol–water partition coefficient (Wildman–Crippen LogP) is 6.87. The lowest BCUT2D eigenvalue weighted by atomic mass is 10.1. The van der Waals surface area contributed by atoms with Gasteiger partial charge in [-0.15, -0.1) is 5.10 Å². The minimum atomic E-state index is -0.584. The highest BCUT2D eigenvalue weighted by molar-refractivity contribution is 5.69. The molecule has 1 aliphatic rings. The molecular formula is C38H52N6O7. The zero-order valence-corrected chi connectivity index (χ0v) is 31.4. The second-order valence-electron chi connectivity index (χ2n) is 13.8. The third kappa shape index (κ3) is 9.05. The summed E-state index contributed by atoms with van der Waals surface area (Å²) in [5, 5.41) is 4.88. The fourth-order valence-corrected chi connectivity index (χ4v) is 6.37. The number of carbonyl (C=O) groups is 1. The van der Waals surface area contributed by atoms with Crippen LogP contribution in [0.15, 0.2) is 42.6 Å². The molecule has 276 valence electrons. The first-order valence-corrected chi connectivity index (χ1v) is 17.5. The van der Waals surface area contributed by atoms with Crippen molar-refractivity contribution in [2.24, 2.45) is 0 Å². The van der Waals surface area contributed by atoms with E-state index in [1.165, 1.54) is 0 Å². The summed E-state index contributed by atoms with van der Waals surface area (Å²) in [4.78, 5) is 27.0. The number of anilines is 1. The number of likely N-dealkylation sites (tertiary alicyclic amines) is 1. The highest BCUT2D eigenvalue weighted by atomic mass is 16.6. The zero-order valence-electron chi connectivity index (χ0n) is 31.4. The van der Waals surface area contributed by atoms with Crippen LogP contribution in [0.5, 0.6) is 29.0 Å². The molecule has 0 bridgehead atoms. The van der Waals surface area contributed by atoms with Gasteiger partial charge in [0.15, 0.2) is 11.5 Å². The summed E-state index contributed by atoms with van der Waals surface area (Å²) in [6.07, 6.45) is 5.48. The molecule has 2 aromatic carbocycles. The number of hydrogen-bond acceptors (Lipinski definition) is 11. The molecule has 3 heterocycles. The monoisotopic (exact) mass is 704 g/mol. The van der Waals surface area contributed by atoms with Crippen LogP contribution in [-0.2, 0) is 24.2 Å².